The summed E-state index contributed by atoms with van der Waals surface area (Å²) in [4.78, 5) is 29.3. The minimum absolute atomic E-state index is 0.105. The highest BCUT2D eigenvalue weighted by atomic mass is 16.5. The summed E-state index contributed by atoms with van der Waals surface area (Å²) in [5.74, 6) is 1.32. The number of fused-ring (bicyclic) bond motifs is 1. The van der Waals surface area contributed by atoms with E-state index in [4.69, 9.17) is 4.52 Å². The minimum Gasteiger partial charge on any atom is -0.352 e. The summed E-state index contributed by atoms with van der Waals surface area (Å²) < 4.78 is 5.38. The Morgan fingerprint density at radius 2 is 1.90 bits per heavy atom. The van der Waals surface area contributed by atoms with Gasteiger partial charge in [-0.2, -0.15) is 4.98 Å². The van der Waals surface area contributed by atoms with Crippen molar-refractivity contribution in [2.24, 2.45) is 5.92 Å². The fraction of sp³-hybridized carbons (Fsp3) is 0.391. The van der Waals surface area contributed by atoms with Gasteiger partial charge in [0.25, 0.3) is 5.91 Å². The molecule has 2 N–H and O–H groups in total. The maximum absolute atomic E-state index is 12.4. The van der Waals surface area contributed by atoms with Crippen molar-refractivity contribution in [2.45, 2.75) is 45.1 Å². The van der Waals surface area contributed by atoms with Crippen LogP contribution in [-0.4, -0.2) is 28.5 Å². The van der Waals surface area contributed by atoms with Crippen molar-refractivity contribution in [1.82, 2.24) is 20.8 Å². The van der Waals surface area contributed by atoms with Crippen LogP contribution in [0.5, 0.6) is 0 Å². The van der Waals surface area contributed by atoms with E-state index >= 15 is 0 Å². The molecule has 1 heterocycles. The molecule has 2 amide bonds. The molecule has 2 aromatic carbocycles. The van der Waals surface area contributed by atoms with Gasteiger partial charge in [0.15, 0.2) is 5.82 Å². The van der Waals surface area contributed by atoms with E-state index in [1.54, 1.807) is 6.07 Å². The quantitative estimate of drug-likeness (QED) is 0.594. The summed E-state index contributed by atoms with van der Waals surface area (Å²) in [5, 5.41) is 11.9. The molecule has 3 aromatic rings. The smallest absolute Gasteiger partial charge is 0.251 e. The Balaban J connectivity index is 1.30. The zero-order valence-electron chi connectivity index (χ0n) is 17.2. The van der Waals surface area contributed by atoms with Crippen molar-refractivity contribution in [3.63, 3.8) is 0 Å². The summed E-state index contributed by atoms with van der Waals surface area (Å²) in [7, 11) is 0. The number of nitrogens with one attached hydrogen (secondary N) is 2. The Kier molecular flexibility index (Phi) is 5.79. The largest absolute Gasteiger partial charge is 0.352 e. The van der Waals surface area contributed by atoms with Crippen molar-refractivity contribution in [3.8, 4) is 0 Å². The van der Waals surface area contributed by atoms with Gasteiger partial charge >= 0.3 is 0 Å². The molecule has 1 atom stereocenters. The highest BCUT2D eigenvalue weighted by Crippen LogP contribution is 2.38. The van der Waals surface area contributed by atoms with Crippen LogP contribution in [-0.2, 0) is 4.79 Å². The van der Waals surface area contributed by atoms with Gasteiger partial charge in [0.05, 0.1) is 0 Å². The lowest BCUT2D eigenvalue weighted by atomic mass is 10.0. The first-order valence-electron chi connectivity index (χ1n) is 10.4. The molecule has 1 aromatic heterocycles. The van der Waals surface area contributed by atoms with Crippen LogP contribution in [0.1, 0.15) is 67.1 Å². The Morgan fingerprint density at radius 1 is 1.13 bits per heavy atom. The van der Waals surface area contributed by atoms with E-state index in [1.165, 1.54) is 0 Å². The maximum atomic E-state index is 12.4. The summed E-state index contributed by atoms with van der Waals surface area (Å²) >= 11 is 0. The first-order valence-corrected chi connectivity index (χ1v) is 10.4. The lowest BCUT2D eigenvalue weighted by molar-refractivity contribution is -0.122. The van der Waals surface area contributed by atoms with Crippen LogP contribution in [0.2, 0.25) is 0 Å². The van der Waals surface area contributed by atoms with Gasteiger partial charge in [-0.05, 0) is 41.7 Å². The molecule has 1 aliphatic carbocycles. The van der Waals surface area contributed by atoms with Crippen LogP contribution in [0.3, 0.4) is 0 Å². The number of carbonyl (C=O) groups is 2. The van der Waals surface area contributed by atoms with Gasteiger partial charge in [0.1, 0.15) is 6.04 Å². The lowest BCUT2D eigenvalue weighted by Crippen LogP contribution is -2.35. The molecule has 0 saturated heterocycles. The zero-order chi connectivity index (χ0) is 21.1. The highest BCUT2D eigenvalue weighted by molar-refractivity contribution is 5.98. The van der Waals surface area contributed by atoms with Gasteiger partial charge < -0.3 is 15.2 Å². The normalized spacial score (nSPS) is 14.6. The Hall–Kier alpha value is -3.22. The van der Waals surface area contributed by atoms with Crippen molar-refractivity contribution in [2.75, 3.05) is 6.54 Å². The average Bonchev–Trinajstić information content (AvgIpc) is 3.48. The fourth-order valence-corrected chi connectivity index (χ4v) is 3.36. The number of hydrogen-bond acceptors (Lipinski definition) is 5. The van der Waals surface area contributed by atoms with Gasteiger partial charge in [-0.3, -0.25) is 9.59 Å². The van der Waals surface area contributed by atoms with E-state index in [0.29, 0.717) is 17.4 Å². The maximum Gasteiger partial charge on any atom is 0.251 e. The first kappa shape index (κ1) is 20.1. The first-order chi connectivity index (χ1) is 14.5. The van der Waals surface area contributed by atoms with Crippen LogP contribution >= 0.6 is 0 Å². The van der Waals surface area contributed by atoms with Crippen LogP contribution in [0, 0.1) is 5.92 Å². The molecule has 156 valence electrons. The number of rotatable bonds is 8. The van der Waals surface area contributed by atoms with E-state index in [-0.39, 0.29) is 36.7 Å². The predicted molar refractivity (Wildman–Crippen MR) is 113 cm³/mol. The Morgan fingerprint density at radius 3 is 2.63 bits per heavy atom. The molecule has 0 aliphatic heterocycles. The lowest BCUT2D eigenvalue weighted by Gasteiger charge is -2.18. The van der Waals surface area contributed by atoms with Crippen LogP contribution in [0.15, 0.2) is 47.0 Å². The Bertz CT molecular complexity index is 1060. The van der Waals surface area contributed by atoms with E-state index in [0.717, 1.165) is 29.4 Å². The molecule has 1 saturated carbocycles. The molecule has 1 unspecified atom stereocenters. The number of aromatic nitrogens is 2. The fourth-order valence-electron chi connectivity index (χ4n) is 3.36. The molecule has 7 heteroatoms. The molecule has 0 radical (unpaired) electrons. The van der Waals surface area contributed by atoms with Gasteiger partial charge in [-0.15, -0.1) is 0 Å². The van der Waals surface area contributed by atoms with Crippen molar-refractivity contribution < 1.29 is 14.1 Å². The molecule has 1 fully saturated rings. The number of amides is 2. The second kappa shape index (κ2) is 8.65. The third-order valence-corrected chi connectivity index (χ3v) is 5.30. The molecule has 4 rings (SSSR count). The van der Waals surface area contributed by atoms with Crippen molar-refractivity contribution in [3.05, 3.63) is 59.7 Å². The highest BCUT2D eigenvalue weighted by Gasteiger charge is 2.31. The Labute approximate surface area is 175 Å². The van der Waals surface area contributed by atoms with Gasteiger partial charge in [0, 0.05) is 24.4 Å². The topological polar surface area (TPSA) is 97.1 Å². The second-order valence-corrected chi connectivity index (χ2v) is 8.12. The van der Waals surface area contributed by atoms with Gasteiger partial charge in [0.2, 0.25) is 11.8 Å². The third kappa shape index (κ3) is 4.67. The molecular formula is C23H26N4O3. The SMILES string of the molecule is CC(C)C(NC(=O)CCNC(=O)c1ccc2ccccc2c1)c1nc(C2CC2)no1. The second-order valence-electron chi connectivity index (χ2n) is 8.12. The number of benzene rings is 2. The van der Waals surface area contributed by atoms with E-state index in [2.05, 4.69) is 20.8 Å². The van der Waals surface area contributed by atoms with Crippen LogP contribution < -0.4 is 10.6 Å². The summed E-state index contributed by atoms with van der Waals surface area (Å²) in [5.41, 5.74) is 0.577. The molecular weight excluding hydrogens is 380 g/mol. The number of hydrogen-bond donors (Lipinski definition) is 2. The zero-order valence-corrected chi connectivity index (χ0v) is 17.2. The third-order valence-electron chi connectivity index (χ3n) is 5.30. The predicted octanol–water partition coefficient (Wildman–Crippen LogP) is 3.73. The van der Waals surface area contributed by atoms with Crippen molar-refractivity contribution >= 4 is 22.6 Å². The molecule has 1 aliphatic rings. The van der Waals surface area contributed by atoms with Gasteiger partial charge in [-0.25, -0.2) is 0 Å². The standard InChI is InChI=1S/C23H26N4O3/c1-14(2)20(23-26-21(27-30-23)16-8-9-16)25-19(28)11-12-24-22(29)18-10-7-15-5-3-4-6-17(15)13-18/h3-7,10,13-14,16,20H,8-9,11-12H2,1-2H3,(H,24,29)(H,25,28). The monoisotopic (exact) mass is 406 g/mol. The number of carbonyl (C=O) groups excluding carboxylic acids is 2. The van der Waals surface area contributed by atoms with Gasteiger partial charge in [-0.1, -0.05) is 49.3 Å². The summed E-state index contributed by atoms with van der Waals surface area (Å²) in [6, 6.07) is 13.1. The molecule has 0 spiro atoms. The average molecular weight is 406 g/mol. The minimum atomic E-state index is -0.339. The molecule has 30 heavy (non-hydrogen) atoms. The molecule has 0 bridgehead atoms. The van der Waals surface area contributed by atoms with Crippen molar-refractivity contribution in [1.29, 1.82) is 0 Å². The van der Waals surface area contributed by atoms with E-state index < -0.39 is 0 Å². The van der Waals surface area contributed by atoms with E-state index in [1.807, 2.05) is 50.2 Å². The summed E-state index contributed by atoms with van der Waals surface area (Å²) in [6.07, 6.45) is 2.36. The van der Waals surface area contributed by atoms with E-state index in [9.17, 15) is 9.59 Å². The molecule has 7 nitrogen and oxygen atoms in total. The van der Waals surface area contributed by atoms with Crippen LogP contribution in [0.4, 0.5) is 0 Å². The number of nitrogens with zero attached hydrogens (tertiary/aromatic N) is 2. The summed E-state index contributed by atoms with van der Waals surface area (Å²) in [6.45, 7) is 4.24. The van der Waals surface area contributed by atoms with Crippen LogP contribution in [0.25, 0.3) is 10.8 Å².